The number of carbonyl (C=O) groups is 1. The highest BCUT2D eigenvalue weighted by Gasteiger charge is 2.16. The Morgan fingerprint density at radius 3 is 2.58 bits per heavy atom. The second-order valence-corrected chi connectivity index (χ2v) is 7.14. The molecule has 1 aromatic heterocycles. The number of carbonyl (C=O) groups excluding carboxylic acids is 1. The van der Waals surface area contributed by atoms with E-state index >= 15 is 0 Å². The number of anilines is 1. The van der Waals surface area contributed by atoms with Crippen molar-refractivity contribution >= 4 is 34.9 Å². The average molecular weight is 394 g/mol. The quantitative estimate of drug-likeness (QED) is 0.845. The molecule has 6 nitrogen and oxygen atoms in total. The highest BCUT2D eigenvalue weighted by molar-refractivity contribution is 6.35. The van der Waals surface area contributed by atoms with Crippen molar-refractivity contribution < 1.29 is 4.79 Å². The zero-order valence-corrected chi connectivity index (χ0v) is 16.1. The van der Waals surface area contributed by atoms with Gasteiger partial charge in [-0.25, -0.2) is 9.97 Å². The van der Waals surface area contributed by atoms with Gasteiger partial charge in [-0.15, -0.1) is 0 Å². The molecule has 1 aliphatic rings. The number of nitrogens with zero attached hydrogens (tertiary/aromatic N) is 4. The minimum absolute atomic E-state index is 0.243. The molecule has 0 bridgehead atoms. The standard InChI is InChI=1S/C18H21Cl2N5O/c1-24-6-8-25(9-7-24)17-12-22-16(11-23-17)18(26)21-5-4-13-2-3-14(19)10-15(13)20/h2-3,10-12H,4-9H2,1H3,(H,21,26). The van der Waals surface area contributed by atoms with Crippen LogP contribution in [-0.2, 0) is 6.42 Å². The summed E-state index contributed by atoms with van der Waals surface area (Å²) in [4.78, 5) is 25.3. The molecule has 1 aliphatic heterocycles. The van der Waals surface area contributed by atoms with Crippen molar-refractivity contribution in [3.8, 4) is 0 Å². The zero-order valence-electron chi connectivity index (χ0n) is 14.6. The van der Waals surface area contributed by atoms with Crippen LogP contribution in [0.25, 0.3) is 0 Å². The number of hydrogen-bond acceptors (Lipinski definition) is 5. The fourth-order valence-electron chi connectivity index (χ4n) is 2.76. The van der Waals surface area contributed by atoms with E-state index in [1.807, 2.05) is 6.07 Å². The molecule has 26 heavy (non-hydrogen) atoms. The highest BCUT2D eigenvalue weighted by Crippen LogP contribution is 2.21. The molecule has 2 heterocycles. The predicted octanol–water partition coefficient (Wildman–Crippen LogP) is 2.51. The Balaban J connectivity index is 1.51. The second kappa shape index (κ2) is 8.66. The lowest BCUT2D eigenvalue weighted by Crippen LogP contribution is -2.44. The summed E-state index contributed by atoms with van der Waals surface area (Å²) in [7, 11) is 2.10. The molecule has 0 unspecified atom stereocenters. The fraction of sp³-hybridized carbons (Fsp3) is 0.389. The number of amides is 1. The maximum Gasteiger partial charge on any atom is 0.271 e. The first-order chi connectivity index (χ1) is 12.5. The van der Waals surface area contributed by atoms with Gasteiger partial charge in [-0.2, -0.15) is 0 Å². The van der Waals surface area contributed by atoms with Crippen LogP contribution >= 0.6 is 23.2 Å². The largest absolute Gasteiger partial charge is 0.353 e. The minimum Gasteiger partial charge on any atom is -0.353 e. The fourth-order valence-corrected chi connectivity index (χ4v) is 3.27. The van der Waals surface area contributed by atoms with E-state index in [0.29, 0.717) is 28.7 Å². The van der Waals surface area contributed by atoms with Crippen LogP contribution in [0.1, 0.15) is 16.1 Å². The lowest BCUT2D eigenvalue weighted by molar-refractivity contribution is 0.0949. The molecule has 1 saturated heterocycles. The lowest BCUT2D eigenvalue weighted by atomic mass is 10.1. The molecule has 1 aromatic carbocycles. The van der Waals surface area contributed by atoms with Crippen LogP contribution in [0.15, 0.2) is 30.6 Å². The van der Waals surface area contributed by atoms with Gasteiger partial charge in [0.1, 0.15) is 11.5 Å². The number of aromatic nitrogens is 2. The maximum absolute atomic E-state index is 12.2. The van der Waals surface area contributed by atoms with E-state index in [1.54, 1.807) is 18.3 Å². The van der Waals surface area contributed by atoms with Crippen LogP contribution in [0.4, 0.5) is 5.82 Å². The number of likely N-dealkylation sites (N-methyl/N-ethyl adjacent to an activating group) is 1. The number of piperazine rings is 1. The third-order valence-corrected chi connectivity index (χ3v) is 4.98. The van der Waals surface area contributed by atoms with Crippen molar-refractivity contribution in [1.82, 2.24) is 20.2 Å². The molecule has 1 fully saturated rings. The zero-order chi connectivity index (χ0) is 18.5. The van der Waals surface area contributed by atoms with E-state index < -0.39 is 0 Å². The second-order valence-electron chi connectivity index (χ2n) is 6.29. The van der Waals surface area contributed by atoms with Gasteiger partial charge in [0.2, 0.25) is 0 Å². The first-order valence-electron chi connectivity index (χ1n) is 8.50. The lowest BCUT2D eigenvalue weighted by Gasteiger charge is -2.32. The Morgan fingerprint density at radius 1 is 1.15 bits per heavy atom. The van der Waals surface area contributed by atoms with Gasteiger partial charge in [-0.05, 0) is 31.2 Å². The molecule has 1 N–H and O–H groups in total. The first-order valence-corrected chi connectivity index (χ1v) is 9.26. The van der Waals surface area contributed by atoms with Gasteiger partial charge in [-0.1, -0.05) is 29.3 Å². The van der Waals surface area contributed by atoms with E-state index in [1.165, 1.54) is 6.20 Å². The van der Waals surface area contributed by atoms with Crippen molar-refractivity contribution in [2.45, 2.75) is 6.42 Å². The summed E-state index contributed by atoms with van der Waals surface area (Å²) in [6.07, 6.45) is 3.81. The van der Waals surface area contributed by atoms with Crippen molar-refractivity contribution in [1.29, 1.82) is 0 Å². The molecule has 8 heteroatoms. The van der Waals surface area contributed by atoms with Crippen LogP contribution < -0.4 is 10.2 Å². The molecule has 0 radical (unpaired) electrons. The van der Waals surface area contributed by atoms with Gasteiger partial charge in [0.15, 0.2) is 0 Å². The molecule has 0 atom stereocenters. The Hall–Kier alpha value is -1.89. The summed E-state index contributed by atoms with van der Waals surface area (Å²) in [6, 6.07) is 5.34. The number of halogens is 2. The maximum atomic E-state index is 12.2. The van der Waals surface area contributed by atoms with Gasteiger partial charge >= 0.3 is 0 Å². The molecular formula is C18H21Cl2N5O. The Labute approximate surface area is 163 Å². The molecule has 0 saturated carbocycles. The molecule has 3 rings (SSSR count). The summed E-state index contributed by atoms with van der Waals surface area (Å²) in [5.41, 5.74) is 1.25. The Bertz CT molecular complexity index is 761. The molecule has 1 amide bonds. The van der Waals surface area contributed by atoms with Gasteiger partial charge in [-0.3, -0.25) is 4.79 Å². The average Bonchev–Trinajstić information content (AvgIpc) is 2.64. The third kappa shape index (κ3) is 4.84. The van der Waals surface area contributed by atoms with Crippen molar-refractivity contribution in [2.75, 3.05) is 44.7 Å². The van der Waals surface area contributed by atoms with Crippen LogP contribution in [0.5, 0.6) is 0 Å². The SMILES string of the molecule is CN1CCN(c2cnc(C(=O)NCCc3ccc(Cl)cc3Cl)cn2)CC1. The van der Waals surface area contributed by atoms with Crippen molar-refractivity contribution in [3.05, 3.63) is 51.9 Å². The van der Waals surface area contributed by atoms with Crippen LogP contribution in [0.2, 0.25) is 10.0 Å². The van der Waals surface area contributed by atoms with Crippen LogP contribution in [0, 0.1) is 0 Å². The van der Waals surface area contributed by atoms with Crippen molar-refractivity contribution in [3.63, 3.8) is 0 Å². The molecule has 0 aliphatic carbocycles. The summed E-state index contributed by atoms with van der Waals surface area (Å²) in [5, 5.41) is 4.04. The molecular weight excluding hydrogens is 373 g/mol. The van der Waals surface area contributed by atoms with Crippen molar-refractivity contribution in [2.24, 2.45) is 0 Å². The molecule has 0 spiro atoms. The minimum atomic E-state index is -0.243. The summed E-state index contributed by atoms with van der Waals surface area (Å²) < 4.78 is 0. The van der Waals surface area contributed by atoms with Gasteiger partial charge in [0, 0.05) is 42.8 Å². The number of rotatable bonds is 5. The van der Waals surface area contributed by atoms with Crippen LogP contribution in [0.3, 0.4) is 0 Å². The van der Waals surface area contributed by atoms with E-state index in [-0.39, 0.29) is 5.91 Å². The Morgan fingerprint density at radius 2 is 1.92 bits per heavy atom. The normalized spacial score (nSPS) is 15.1. The monoisotopic (exact) mass is 393 g/mol. The third-order valence-electron chi connectivity index (χ3n) is 4.39. The molecule has 2 aromatic rings. The smallest absolute Gasteiger partial charge is 0.271 e. The van der Waals surface area contributed by atoms with E-state index in [2.05, 4.69) is 32.1 Å². The van der Waals surface area contributed by atoms with E-state index in [4.69, 9.17) is 23.2 Å². The summed E-state index contributed by atoms with van der Waals surface area (Å²) in [5.74, 6) is 0.565. The van der Waals surface area contributed by atoms with Gasteiger partial charge in [0.05, 0.1) is 12.4 Å². The van der Waals surface area contributed by atoms with E-state index in [0.717, 1.165) is 37.6 Å². The number of nitrogens with one attached hydrogen (secondary N) is 1. The van der Waals surface area contributed by atoms with Crippen LogP contribution in [-0.4, -0.2) is 60.5 Å². The highest BCUT2D eigenvalue weighted by atomic mass is 35.5. The van der Waals surface area contributed by atoms with Gasteiger partial charge < -0.3 is 15.1 Å². The number of benzene rings is 1. The number of hydrogen-bond donors (Lipinski definition) is 1. The molecule has 138 valence electrons. The predicted molar refractivity (Wildman–Crippen MR) is 104 cm³/mol. The first kappa shape index (κ1) is 18.9. The summed E-state index contributed by atoms with van der Waals surface area (Å²) >= 11 is 12.0. The van der Waals surface area contributed by atoms with Gasteiger partial charge in [0.25, 0.3) is 5.91 Å². The Kier molecular flexibility index (Phi) is 6.29. The van der Waals surface area contributed by atoms with E-state index in [9.17, 15) is 4.79 Å². The summed E-state index contributed by atoms with van der Waals surface area (Å²) in [6.45, 7) is 4.29. The topological polar surface area (TPSA) is 61.4 Å².